The van der Waals surface area contributed by atoms with Gasteiger partial charge in [-0.2, -0.15) is 4.98 Å². The summed E-state index contributed by atoms with van der Waals surface area (Å²) < 4.78 is 5.61. The Hall–Kier alpha value is -2.70. The van der Waals surface area contributed by atoms with Gasteiger partial charge in [0.25, 0.3) is 0 Å². The number of hydrogen-bond donors (Lipinski definition) is 0. The van der Waals surface area contributed by atoms with Crippen molar-refractivity contribution in [3.05, 3.63) is 64.5 Å². The number of hydrogen-bond acceptors (Lipinski definition) is 6. The van der Waals surface area contributed by atoms with Gasteiger partial charge in [-0.25, -0.2) is 4.98 Å². The Bertz CT molecular complexity index is 1160. The summed E-state index contributed by atoms with van der Waals surface area (Å²) in [6, 6.07) is 12.3. The molecular formula is C24H25ClN4OS. The molecule has 160 valence electrons. The maximum Gasteiger partial charge on any atom is 0.225 e. The minimum Gasteiger partial charge on any atom is -0.494 e. The molecule has 5 nitrogen and oxygen atoms in total. The predicted molar refractivity (Wildman–Crippen MR) is 130 cm³/mol. The Morgan fingerprint density at radius 1 is 1.03 bits per heavy atom. The van der Waals surface area contributed by atoms with E-state index in [-0.39, 0.29) is 5.28 Å². The number of anilines is 1. The number of nitrogens with zero attached hydrogens (tertiary/aromatic N) is 4. The Labute approximate surface area is 191 Å². The molecule has 4 rings (SSSR count). The molecule has 3 heterocycles. The SMILES string of the molecule is CCOc1ccc(-c2c(C)sc3nc(Cl)nc(N(CC)CCc4ccncc4)c23)cc1. The highest BCUT2D eigenvalue weighted by atomic mass is 35.5. The molecule has 0 atom stereocenters. The second-order valence-corrected chi connectivity index (χ2v) is 8.71. The van der Waals surface area contributed by atoms with E-state index in [4.69, 9.17) is 16.3 Å². The van der Waals surface area contributed by atoms with Gasteiger partial charge in [-0.15, -0.1) is 11.3 Å². The zero-order valence-corrected chi connectivity index (χ0v) is 19.5. The van der Waals surface area contributed by atoms with Gasteiger partial charge >= 0.3 is 0 Å². The van der Waals surface area contributed by atoms with E-state index >= 15 is 0 Å². The minimum absolute atomic E-state index is 0.282. The fraction of sp³-hybridized carbons (Fsp3) is 0.292. The molecule has 31 heavy (non-hydrogen) atoms. The van der Waals surface area contributed by atoms with Crippen molar-refractivity contribution in [2.24, 2.45) is 0 Å². The summed E-state index contributed by atoms with van der Waals surface area (Å²) in [5.41, 5.74) is 3.54. The first-order valence-corrected chi connectivity index (χ1v) is 11.6. The van der Waals surface area contributed by atoms with Crippen LogP contribution in [0.4, 0.5) is 5.82 Å². The first-order valence-electron chi connectivity index (χ1n) is 10.4. The fourth-order valence-corrected chi connectivity index (χ4v) is 5.01. The van der Waals surface area contributed by atoms with Crippen molar-refractivity contribution in [2.75, 3.05) is 24.6 Å². The number of thiophene rings is 1. The Balaban J connectivity index is 1.77. The average molecular weight is 453 g/mol. The van der Waals surface area contributed by atoms with Crippen LogP contribution in [0, 0.1) is 6.92 Å². The van der Waals surface area contributed by atoms with Gasteiger partial charge in [-0.3, -0.25) is 4.98 Å². The zero-order valence-electron chi connectivity index (χ0n) is 17.9. The molecule has 0 aliphatic carbocycles. The minimum atomic E-state index is 0.282. The molecule has 0 fully saturated rings. The fourth-order valence-electron chi connectivity index (χ4n) is 3.76. The molecule has 0 amide bonds. The number of rotatable bonds is 8. The predicted octanol–water partition coefficient (Wildman–Crippen LogP) is 6.18. The highest BCUT2D eigenvalue weighted by molar-refractivity contribution is 7.19. The van der Waals surface area contributed by atoms with E-state index in [1.165, 1.54) is 10.4 Å². The molecule has 3 aromatic heterocycles. The Kier molecular flexibility index (Phi) is 6.68. The van der Waals surface area contributed by atoms with Crippen LogP contribution in [0.1, 0.15) is 24.3 Å². The second kappa shape index (κ2) is 9.62. The van der Waals surface area contributed by atoms with Gasteiger partial charge < -0.3 is 9.64 Å². The van der Waals surface area contributed by atoms with Gasteiger partial charge in [-0.05, 0) is 74.2 Å². The van der Waals surface area contributed by atoms with Gasteiger partial charge in [0.05, 0.1) is 12.0 Å². The first-order chi connectivity index (χ1) is 15.1. The number of aromatic nitrogens is 3. The van der Waals surface area contributed by atoms with Crippen LogP contribution in [0.3, 0.4) is 0 Å². The normalized spacial score (nSPS) is 11.1. The lowest BCUT2D eigenvalue weighted by Gasteiger charge is -2.23. The standard InChI is InChI=1S/C24H25ClN4OS/c1-4-29(15-12-17-10-13-26-14-11-17)22-21-20(16(3)31-23(21)28-24(25)27-22)18-6-8-19(9-7-18)30-5-2/h6-11,13-14H,4-5,12,15H2,1-3H3. The van der Waals surface area contributed by atoms with Gasteiger partial charge in [0, 0.05) is 35.9 Å². The average Bonchev–Trinajstić information content (AvgIpc) is 3.11. The summed E-state index contributed by atoms with van der Waals surface area (Å²) in [4.78, 5) is 17.7. The van der Waals surface area contributed by atoms with Crippen LogP contribution in [0.15, 0.2) is 48.8 Å². The van der Waals surface area contributed by atoms with E-state index in [9.17, 15) is 0 Å². The third kappa shape index (κ3) is 4.65. The molecule has 0 aliphatic rings. The summed E-state index contributed by atoms with van der Waals surface area (Å²) in [6.45, 7) is 8.57. The summed E-state index contributed by atoms with van der Waals surface area (Å²) in [7, 11) is 0. The van der Waals surface area contributed by atoms with E-state index in [1.54, 1.807) is 11.3 Å². The van der Waals surface area contributed by atoms with Crippen molar-refractivity contribution >= 4 is 39.0 Å². The number of aryl methyl sites for hydroxylation is 1. The lowest BCUT2D eigenvalue weighted by atomic mass is 10.0. The first kappa shape index (κ1) is 21.5. The van der Waals surface area contributed by atoms with Crippen LogP contribution in [0.25, 0.3) is 21.3 Å². The van der Waals surface area contributed by atoms with Crippen LogP contribution < -0.4 is 9.64 Å². The molecule has 0 unspecified atom stereocenters. The third-order valence-electron chi connectivity index (χ3n) is 5.24. The van der Waals surface area contributed by atoms with Gasteiger partial charge in [-0.1, -0.05) is 12.1 Å². The zero-order chi connectivity index (χ0) is 21.8. The van der Waals surface area contributed by atoms with Crippen molar-refractivity contribution in [3.63, 3.8) is 0 Å². The van der Waals surface area contributed by atoms with Gasteiger partial charge in [0.15, 0.2) is 0 Å². The van der Waals surface area contributed by atoms with Crippen molar-refractivity contribution < 1.29 is 4.74 Å². The summed E-state index contributed by atoms with van der Waals surface area (Å²) >= 11 is 8.00. The topological polar surface area (TPSA) is 51.1 Å². The lowest BCUT2D eigenvalue weighted by Crippen LogP contribution is -2.26. The smallest absolute Gasteiger partial charge is 0.225 e. The molecule has 0 spiro atoms. The monoisotopic (exact) mass is 452 g/mol. The molecule has 4 aromatic rings. The van der Waals surface area contributed by atoms with Gasteiger partial charge in [0.2, 0.25) is 5.28 Å². The Morgan fingerprint density at radius 3 is 2.45 bits per heavy atom. The number of pyridine rings is 1. The van der Waals surface area contributed by atoms with Crippen LogP contribution in [-0.4, -0.2) is 34.6 Å². The van der Waals surface area contributed by atoms with Gasteiger partial charge in [0.1, 0.15) is 16.4 Å². The highest BCUT2D eigenvalue weighted by Crippen LogP contribution is 2.42. The molecule has 0 bridgehead atoms. The maximum absolute atomic E-state index is 6.34. The lowest BCUT2D eigenvalue weighted by molar-refractivity contribution is 0.340. The van der Waals surface area contributed by atoms with Crippen molar-refractivity contribution in [1.29, 1.82) is 0 Å². The molecule has 0 saturated carbocycles. The number of halogens is 1. The van der Waals surface area contributed by atoms with Crippen molar-refractivity contribution in [2.45, 2.75) is 27.2 Å². The van der Waals surface area contributed by atoms with Crippen LogP contribution in [0.5, 0.6) is 5.75 Å². The highest BCUT2D eigenvalue weighted by Gasteiger charge is 2.21. The molecule has 0 aliphatic heterocycles. The van der Waals surface area contributed by atoms with Crippen LogP contribution in [-0.2, 0) is 6.42 Å². The van der Waals surface area contributed by atoms with E-state index in [0.29, 0.717) is 6.61 Å². The number of fused-ring (bicyclic) bond motifs is 1. The van der Waals surface area contributed by atoms with E-state index in [0.717, 1.165) is 52.4 Å². The molecule has 0 radical (unpaired) electrons. The quantitative estimate of drug-likeness (QED) is 0.298. The van der Waals surface area contributed by atoms with E-state index in [2.05, 4.69) is 58.0 Å². The molecule has 1 aromatic carbocycles. The van der Waals surface area contributed by atoms with E-state index in [1.807, 2.05) is 31.5 Å². The third-order valence-corrected chi connectivity index (χ3v) is 6.40. The van der Waals surface area contributed by atoms with Crippen LogP contribution in [0.2, 0.25) is 5.28 Å². The largest absolute Gasteiger partial charge is 0.494 e. The molecule has 7 heteroatoms. The Morgan fingerprint density at radius 2 is 1.77 bits per heavy atom. The van der Waals surface area contributed by atoms with Crippen molar-refractivity contribution in [3.8, 4) is 16.9 Å². The molecular weight excluding hydrogens is 428 g/mol. The van der Waals surface area contributed by atoms with Crippen LogP contribution >= 0.6 is 22.9 Å². The molecule has 0 N–H and O–H groups in total. The summed E-state index contributed by atoms with van der Waals surface area (Å²) in [6.07, 6.45) is 4.57. The number of likely N-dealkylation sites (N-methyl/N-ethyl adjacent to an activating group) is 1. The maximum atomic E-state index is 6.34. The summed E-state index contributed by atoms with van der Waals surface area (Å²) in [5.74, 6) is 1.76. The second-order valence-electron chi connectivity index (χ2n) is 7.17. The van der Waals surface area contributed by atoms with E-state index < -0.39 is 0 Å². The number of benzene rings is 1. The van der Waals surface area contributed by atoms with Crippen molar-refractivity contribution in [1.82, 2.24) is 15.0 Å². The summed E-state index contributed by atoms with van der Waals surface area (Å²) in [5, 5.41) is 1.34. The molecule has 0 saturated heterocycles. The number of ether oxygens (including phenoxy) is 1.